The third-order valence-electron chi connectivity index (χ3n) is 4.24. The van der Waals surface area contributed by atoms with E-state index in [9.17, 15) is 9.59 Å². The van der Waals surface area contributed by atoms with Gasteiger partial charge in [-0.15, -0.1) is 0 Å². The number of hydrogen-bond donors (Lipinski definition) is 0. The van der Waals surface area contributed by atoms with E-state index >= 15 is 0 Å². The van der Waals surface area contributed by atoms with E-state index in [1.807, 2.05) is 26.0 Å². The van der Waals surface area contributed by atoms with Crippen LogP contribution in [0.15, 0.2) is 12.1 Å². The second-order valence-corrected chi connectivity index (χ2v) is 6.59. The molecule has 0 N–H and O–H groups in total. The molecule has 0 radical (unpaired) electrons. The number of carbonyl (C=O) groups is 2. The van der Waals surface area contributed by atoms with Crippen LogP contribution in [0.25, 0.3) is 0 Å². The highest BCUT2D eigenvalue weighted by molar-refractivity contribution is 6.32. The Morgan fingerprint density at radius 3 is 2.04 bits per heavy atom. The van der Waals surface area contributed by atoms with E-state index in [2.05, 4.69) is 0 Å². The van der Waals surface area contributed by atoms with Crippen molar-refractivity contribution >= 4 is 23.4 Å². The van der Waals surface area contributed by atoms with Crippen molar-refractivity contribution in [3.05, 3.63) is 28.3 Å². The average Bonchev–Trinajstić information content (AvgIpc) is 2.84. The molecule has 0 saturated carbocycles. The Bertz CT molecular complexity index is 612. The van der Waals surface area contributed by atoms with Crippen LogP contribution >= 0.6 is 11.6 Å². The summed E-state index contributed by atoms with van der Waals surface area (Å²) in [5.74, 6) is 0.519. The molecule has 0 spiro atoms. The number of rotatable bonds is 5. The van der Waals surface area contributed by atoms with Gasteiger partial charge in [0.25, 0.3) is 5.91 Å². The summed E-state index contributed by atoms with van der Waals surface area (Å²) in [4.78, 5) is 27.8. The summed E-state index contributed by atoms with van der Waals surface area (Å²) in [5, 5.41) is 0.715. The zero-order chi connectivity index (χ0) is 18.4. The summed E-state index contributed by atoms with van der Waals surface area (Å²) in [6.45, 7) is 6.16. The van der Waals surface area contributed by atoms with Gasteiger partial charge in [-0.2, -0.15) is 0 Å². The number of benzene rings is 1. The molecule has 25 heavy (non-hydrogen) atoms. The SMILES string of the molecule is COCC(=O)N1CCCN(C(=O)COc2cc(C)c(Cl)c(C)c2)CC1. The summed E-state index contributed by atoms with van der Waals surface area (Å²) >= 11 is 6.14. The normalized spacial score (nSPS) is 15.0. The first-order valence-electron chi connectivity index (χ1n) is 8.36. The molecule has 2 rings (SSSR count). The van der Waals surface area contributed by atoms with Gasteiger partial charge in [0.15, 0.2) is 6.61 Å². The van der Waals surface area contributed by atoms with Crippen molar-refractivity contribution in [2.45, 2.75) is 20.3 Å². The molecule has 1 heterocycles. The lowest BCUT2D eigenvalue weighted by atomic mass is 10.1. The van der Waals surface area contributed by atoms with Gasteiger partial charge < -0.3 is 19.3 Å². The quantitative estimate of drug-likeness (QED) is 0.798. The first-order valence-corrected chi connectivity index (χ1v) is 8.74. The van der Waals surface area contributed by atoms with E-state index in [0.717, 1.165) is 17.5 Å². The zero-order valence-electron chi connectivity index (χ0n) is 15.0. The maximum atomic E-state index is 12.4. The predicted molar refractivity (Wildman–Crippen MR) is 96.1 cm³/mol. The van der Waals surface area contributed by atoms with Gasteiger partial charge in [-0.05, 0) is 43.5 Å². The van der Waals surface area contributed by atoms with Gasteiger partial charge in [-0.25, -0.2) is 0 Å². The number of aryl methyl sites for hydroxylation is 2. The molecule has 1 saturated heterocycles. The number of nitrogens with zero attached hydrogens (tertiary/aromatic N) is 2. The lowest BCUT2D eigenvalue weighted by Crippen LogP contribution is -2.40. The van der Waals surface area contributed by atoms with Crippen LogP contribution in [0.3, 0.4) is 0 Å². The van der Waals surface area contributed by atoms with E-state index < -0.39 is 0 Å². The summed E-state index contributed by atoms with van der Waals surface area (Å²) in [7, 11) is 1.50. The third kappa shape index (κ3) is 5.34. The Balaban J connectivity index is 1.88. The lowest BCUT2D eigenvalue weighted by molar-refractivity contribution is -0.136. The van der Waals surface area contributed by atoms with Gasteiger partial charge >= 0.3 is 0 Å². The third-order valence-corrected chi connectivity index (χ3v) is 4.84. The van der Waals surface area contributed by atoms with Gasteiger partial charge in [0.05, 0.1) is 0 Å². The van der Waals surface area contributed by atoms with E-state index in [0.29, 0.717) is 37.0 Å². The zero-order valence-corrected chi connectivity index (χ0v) is 15.8. The maximum absolute atomic E-state index is 12.4. The number of hydrogen-bond acceptors (Lipinski definition) is 4. The van der Waals surface area contributed by atoms with E-state index in [1.54, 1.807) is 9.80 Å². The minimum Gasteiger partial charge on any atom is -0.484 e. The molecule has 138 valence electrons. The Morgan fingerprint density at radius 1 is 1.00 bits per heavy atom. The van der Waals surface area contributed by atoms with E-state index in [4.69, 9.17) is 21.1 Å². The van der Waals surface area contributed by atoms with Crippen molar-refractivity contribution in [1.82, 2.24) is 9.80 Å². The van der Waals surface area contributed by atoms with Crippen molar-refractivity contribution < 1.29 is 19.1 Å². The van der Waals surface area contributed by atoms with Gasteiger partial charge in [-0.1, -0.05) is 11.6 Å². The first kappa shape index (κ1) is 19.5. The summed E-state index contributed by atoms with van der Waals surface area (Å²) in [5.41, 5.74) is 1.84. The van der Waals surface area contributed by atoms with Crippen molar-refractivity contribution in [2.75, 3.05) is 46.5 Å². The standard InChI is InChI=1S/C18H25ClN2O4/c1-13-9-15(10-14(2)18(13)19)25-12-17(23)21-6-4-5-20(7-8-21)16(22)11-24-3/h9-10H,4-8,11-12H2,1-3H3. The number of methoxy groups -OCH3 is 1. The molecule has 0 aromatic heterocycles. The summed E-state index contributed by atoms with van der Waals surface area (Å²) in [6, 6.07) is 3.66. The van der Waals surface area contributed by atoms with Crippen LogP contribution in [0.1, 0.15) is 17.5 Å². The minimum atomic E-state index is -0.0775. The van der Waals surface area contributed by atoms with Crippen molar-refractivity contribution in [2.24, 2.45) is 0 Å². The Hall–Kier alpha value is -1.79. The van der Waals surface area contributed by atoms with Crippen LogP contribution in [-0.4, -0.2) is 68.1 Å². The molecular formula is C18H25ClN2O4. The Labute approximate surface area is 153 Å². The van der Waals surface area contributed by atoms with Crippen LogP contribution < -0.4 is 4.74 Å². The number of carbonyl (C=O) groups excluding carboxylic acids is 2. The monoisotopic (exact) mass is 368 g/mol. The second-order valence-electron chi connectivity index (χ2n) is 6.21. The van der Waals surface area contributed by atoms with Gasteiger partial charge in [0, 0.05) is 38.3 Å². The molecule has 1 aromatic rings. The Kier molecular flexibility index (Phi) is 7.08. The van der Waals surface area contributed by atoms with Crippen molar-refractivity contribution in [3.8, 4) is 5.75 Å². The maximum Gasteiger partial charge on any atom is 0.260 e. The second kappa shape index (κ2) is 9.06. The largest absolute Gasteiger partial charge is 0.484 e. The topological polar surface area (TPSA) is 59.1 Å². The van der Waals surface area contributed by atoms with Crippen molar-refractivity contribution in [1.29, 1.82) is 0 Å². The molecule has 0 bridgehead atoms. The Morgan fingerprint density at radius 2 is 1.52 bits per heavy atom. The molecule has 1 aliphatic heterocycles. The highest BCUT2D eigenvalue weighted by Crippen LogP contribution is 2.25. The molecule has 1 aliphatic rings. The fourth-order valence-electron chi connectivity index (χ4n) is 2.86. The summed E-state index contributed by atoms with van der Waals surface area (Å²) < 4.78 is 10.5. The number of amides is 2. The average molecular weight is 369 g/mol. The molecular weight excluding hydrogens is 344 g/mol. The molecule has 0 atom stereocenters. The minimum absolute atomic E-state index is 0.0213. The van der Waals surface area contributed by atoms with Crippen molar-refractivity contribution in [3.63, 3.8) is 0 Å². The van der Waals surface area contributed by atoms with E-state index in [1.165, 1.54) is 7.11 Å². The highest BCUT2D eigenvalue weighted by atomic mass is 35.5. The fourth-order valence-corrected chi connectivity index (χ4v) is 2.97. The molecule has 2 amide bonds. The predicted octanol–water partition coefficient (Wildman–Crippen LogP) is 2.04. The van der Waals surface area contributed by atoms with Crippen LogP contribution in [0.4, 0.5) is 0 Å². The molecule has 0 aliphatic carbocycles. The molecule has 0 unspecified atom stereocenters. The number of halogens is 1. The fraction of sp³-hybridized carbons (Fsp3) is 0.556. The number of ether oxygens (including phenoxy) is 2. The molecule has 1 aromatic carbocycles. The van der Waals surface area contributed by atoms with Crippen LogP contribution in [0.2, 0.25) is 5.02 Å². The van der Waals surface area contributed by atoms with Crippen LogP contribution in [-0.2, 0) is 14.3 Å². The van der Waals surface area contributed by atoms with Crippen LogP contribution in [0.5, 0.6) is 5.75 Å². The van der Waals surface area contributed by atoms with Gasteiger partial charge in [-0.3, -0.25) is 9.59 Å². The van der Waals surface area contributed by atoms with Crippen LogP contribution in [0, 0.1) is 13.8 Å². The van der Waals surface area contributed by atoms with Gasteiger partial charge in [0.1, 0.15) is 12.4 Å². The molecule has 7 heteroatoms. The lowest BCUT2D eigenvalue weighted by Gasteiger charge is -2.22. The van der Waals surface area contributed by atoms with E-state index in [-0.39, 0.29) is 25.0 Å². The molecule has 1 fully saturated rings. The van der Waals surface area contributed by atoms with Gasteiger partial charge in [0.2, 0.25) is 5.91 Å². The molecule has 6 nitrogen and oxygen atoms in total. The highest BCUT2D eigenvalue weighted by Gasteiger charge is 2.22. The first-order chi connectivity index (χ1) is 11.9. The summed E-state index contributed by atoms with van der Waals surface area (Å²) in [6.07, 6.45) is 0.750. The smallest absolute Gasteiger partial charge is 0.260 e.